The molecule has 0 fully saturated rings. The molecule has 3 heteroatoms. The smallest absolute Gasteiger partial charge is 0.116 e. The number of benzene rings is 1. The van der Waals surface area contributed by atoms with Crippen molar-refractivity contribution in [1.29, 1.82) is 0 Å². The topological polar surface area (TPSA) is 33.1 Å². The Morgan fingerprint density at radius 3 is 2.85 bits per heavy atom. The van der Waals surface area contributed by atoms with Gasteiger partial charge in [-0.15, -0.1) is 11.8 Å². The van der Waals surface area contributed by atoms with Crippen molar-refractivity contribution >= 4 is 22.7 Å². The van der Waals surface area contributed by atoms with Crippen molar-refractivity contribution in [2.75, 3.05) is 6.26 Å². The van der Waals surface area contributed by atoms with Crippen LogP contribution in [-0.4, -0.2) is 16.3 Å². The van der Waals surface area contributed by atoms with Crippen LogP contribution in [0.1, 0.15) is 0 Å². The van der Waals surface area contributed by atoms with E-state index in [0.717, 1.165) is 15.9 Å². The fraction of sp³-hybridized carbons (Fsp3) is 0.100. The minimum atomic E-state index is 0.284. The van der Waals surface area contributed by atoms with Crippen LogP contribution in [0.3, 0.4) is 0 Å². The highest BCUT2D eigenvalue weighted by Gasteiger charge is 1.97. The van der Waals surface area contributed by atoms with Crippen molar-refractivity contribution in [3.63, 3.8) is 0 Å². The van der Waals surface area contributed by atoms with E-state index in [9.17, 15) is 5.11 Å². The van der Waals surface area contributed by atoms with Gasteiger partial charge in [0.1, 0.15) is 5.75 Å². The fourth-order valence-electron chi connectivity index (χ4n) is 1.21. The number of rotatable bonds is 1. The molecule has 0 aliphatic carbocycles. The Bertz CT molecular complexity index is 442. The van der Waals surface area contributed by atoms with Crippen LogP contribution in [0.5, 0.6) is 5.75 Å². The molecule has 0 unspecified atom stereocenters. The zero-order valence-electron chi connectivity index (χ0n) is 7.19. The Kier molecular flexibility index (Phi) is 2.10. The second-order valence-corrected chi connectivity index (χ2v) is 3.56. The number of phenolic OH excluding ortho intramolecular Hbond substituents is 1. The summed E-state index contributed by atoms with van der Waals surface area (Å²) in [5, 5.41) is 11.2. The second kappa shape index (κ2) is 3.26. The molecule has 1 aromatic heterocycles. The van der Waals surface area contributed by atoms with Crippen LogP contribution in [0.4, 0.5) is 0 Å². The Hall–Kier alpha value is -1.22. The number of aromatic nitrogens is 1. The molecule has 1 heterocycles. The highest BCUT2D eigenvalue weighted by atomic mass is 32.2. The van der Waals surface area contributed by atoms with Crippen LogP contribution in [-0.2, 0) is 0 Å². The van der Waals surface area contributed by atoms with Gasteiger partial charge >= 0.3 is 0 Å². The third-order valence-corrected chi connectivity index (χ3v) is 2.50. The summed E-state index contributed by atoms with van der Waals surface area (Å²) < 4.78 is 0. The molecule has 0 spiro atoms. The lowest BCUT2D eigenvalue weighted by Crippen LogP contribution is -1.80. The zero-order valence-corrected chi connectivity index (χ0v) is 8.01. The summed E-state index contributed by atoms with van der Waals surface area (Å²) in [6.07, 6.45) is 1.99. The van der Waals surface area contributed by atoms with E-state index >= 15 is 0 Å². The molecular formula is C10H9NOS. The summed E-state index contributed by atoms with van der Waals surface area (Å²) in [6.45, 7) is 0. The first-order valence-electron chi connectivity index (χ1n) is 3.93. The Balaban J connectivity index is 2.66. The summed E-state index contributed by atoms with van der Waals surface area (Å²) in [7, 11) is 0. The van der Waals surface area contributed by atoms with Gasteiger partial charge in [-0.3, -0.25) is 0 Å². The van der Waals surface area contributed by atoms with Crippen LogP contribution in [0.2, 0.25) is 0 Å². The predicted octanol–water partition coefficient (Wildman–Crippen LogP) is 2.66. The minimum Gasteiger partial charge on any atom is -0.508 e. The summed E-state index contributed by atoms with van der Waals surface area (Å²) in [5.41, 5.74) is 0.921. The SMILES string of the molecule is CSc1ccc2cc(O)ccc2n1. The molecule has 1 N–H and O–H groups in total. The van der Waals surface area contributed by atoms with Gasteiger partial charge in [-0.05, 0) is 36.6 Å². The maximum Gasteiger partial charge on any atom is 0.116 e. The second-order valence-electron chi connectivity index (χ2n) is 2.73. The summed E-state index contributed by atoms with van der Waals surface area (Å²) in [4.78, 5) is 4.39. The van der Waals surface area contributed by atoms with E-state index in [1.54, 1.807) is 23.9 Å². The zero-order chi connectivity index (χ0) is 9.26. The first kappa shape index (κ1) is 8.38. The number of fused-ring (bicyclic) bond motifs is 1. The molecule has 0 aliphatic heterocycles. The molecule has 0 radical (unpaired) electrons. The van der Waals surface area contributed by atoms with Crippen LogP contribution in [0.25, 0.3) is 10.9 Å². The molecule has 0 saturated heterocycles. The number of phenols is 1. The molecule has 2 nitrogen and oxygen atoms in total. The Morgan fingerprint density at radius 1 is 1.23 bits per heavy atom. The number of pyridine rings is 1. The van der Waals surface area contributed by atoms with Crippen molar-refractivity contribution < 1.29 is 5.11 Å². The van der Waals surface area contributed by atoms with Crippen LogP contribution >= 0.6 is 11.8 Å². The summed E-state index contributed by atoms with van der Waals surface area (Å²) >= 11 is 1.61. The Labute approximate surface area is 80.6 Å². The number of hydrogen-bond acceptors (Lipinski definition) is 3. The predicted molar refractivity (Wildman–Crippen MR) is 55.2 cm³/mol. The van der Waals surface area contributed by atoms with E-state index in [2.05, 4.69) is 4.98 Å². The van der Waals surface area contributed by atoms with Gasteiger partial charge in [-0.1, -0.05) is 0 Å². The van der Waals surface area contributed by atoms with Gasteiger partial charge < -0.3 is 5.11 Å². The van der Waals surface area contributed by atoms with Crippen molar-refractivity contribution in [3.8, 4) is 5.75 Å². The summed E-state index contributed by atoms with van der Waals surface area (Å²) in [6, 6.07) is 9.11. The van der Waals surface area contributed by atoms with Gasteiger partial charge in [0.2, 0.25) is 0 Å². The van der Waals surface area contributed by atoms with Gasteiger partial charge in [0.05, 0.1) is 10.5 Å². The average molecular weight is 191 g/mol. The summed E-state index contributed by atoms with van der Waals surface area (Å²) in [5.74, 6) is 0.284. The standard InChI is InChI=1S/C10H9NOS/c1-13-10-5-2-7-6-8(12)3-4-9(7)11-10/h2-6,12H,1H3. The van der Waals surface area contributed by atoms with Crippen LogP contribution in [0, 0.1) is 0 Å². The minimum absolute atomic E-state index is 0.284. The highest BCUT2D eigenvalue weighted by molar-refractivity contribution is 7.98. The lowest BCUT2D eigenvalue weighted by atomic mass is 10.2. The van der Waals surface area contributed by atoms with Gasteiger partial charge in [0, 0.05) is 5.39 Å². The molecule has 1 aromatic carbocycles. The third kappa shape index (κ3) is 1.60. The van der Waals surface area contributed by atoms with Gasteiger partial charge in [-0.2, -0.15) is 0 Å². The lowest BCUT2D eigenvalue weighted by molar-refractivity contribution is 0.476. The highest BCUT2D eigenvalue weighted by Crippen LogP contribution is 2.21. The van der Waals surface area contributed by atoms with Crippen molar-refractivity contribution in [2.24, 2.45) is 0 Å². The molecule has 0 aliphatic rings. The van der Waals surface area contributed by atoms with Crippen molar-refractivity contribution in [2.45, 2.75) is 5.03 Å². The quantitative estimate of drug-likeness (QED) is 0.703. The first-order valence-corrected chi connectivity index (χ1v) is 5.16. The van der Waals surface area contributed by atoms with Gasteiger partial charge in [-0.25, -0.2) is 4.98 Å². The molecule has 0 atom stereocenters. The van der Waals surface area contributed by atoms with Gasteiger partial charge in [0.15, 0.2) is 0 Å². The van der Waals surface area contributed by atoms with E-state index < -0.39 is 0 Å². The largest absolute Gasteiger partial charge is 0.508 e. The molecule has 2 rings (SSSR count). The fourth-order valence-corrected chi connectivity index (χ4v) is 1.60. The maximum atomic E-state index is 9.22. The number of nitrogens with zero attached hydrogens (tertiary/aromatic N) is 1. The van der Waals surface area contributed by atoms with Gasteiger partial charge in [0.25, 0.3) is 0 Å². The maximum absolute atomic E-state index is 9.22. The third-order valence-electron chi connectivity index (χ3n) is 1.86. The normalized spacial score (nSPS) is 10.5. The number of hydrogen-bond donors (Lipinski definition) is 1. The molecule has 13 heavy (non-hydrogen) atoms. The first-order chi connectivity index (χ1) is 6.29. The average Bonchev–Trinajstić information content (AvgIpc) is 2.17. The van der Waals surface area contributed by atoms with Crippen molar-refractivity contribution in [3.05, 3.63) is 30.3 Å². The van der Waals surface area contributed by atoms with E-state index in [1.807, 2.05) is 24.5 Å². The monoisotopic (exact) mass is 191 g/mol. The van der Waals surface area contributed by atoms with E-state index in [0.29, 0.717) is 0 Å². The van der Waals surface area contributed by atoms with E-state index in [1.165, 1.54) is 0 Å². The van der Waals surface area contributed by atoms with E-state index in [-0.39, 0.29) is 5.75 Å². The number of aromatic hydroxyl groups is 1. The molecule has 0 saturated carbocycles. The van der Waals surface area contributed by atoms with E-state index in [4.69, 9.17) is 0 Å². The molecule has 0 amide bonds. The van der Waals surface area contributed by atoms with Crippen LogP contribution in [0.15, 0.2) is 35.4 Å². The van der Waals surface area contributed by atoms with Crippen molar-refractivity contribution in [1.82, 2.24) is 4.98 Å². The molecular weight excluding hydrogens is 182 g/mol. The molecule has 2 aromatic rings. The molecule has 0 bridgehead atoms. The molecule has 66 valence electrons. The number of thioether (sulfide) groups is 1. The Morgan fingerprint density at radius 2 is 2.08 bits per heavy atom. The lowest BCUT2D eigenvalue weighted by Gasteiger charge is -1.99. The van der Waals surface area contributed by atoms with Crippen LogP contribution < -0.4 is 0 Å².